The van der Waals surface area contributed by atoms with E-state index in [2.05, 4.69) is 72.8 Å². The maximum absolute atomic E-state index is 4.74. The Bertz CT molecular complexity index is 1060. The third-order valence-corrected chi connectivity index (χ3v) is 5.95. The molecule has 0 amide bonds. The summed E-state index contributed by atoms with van der Waals surface area (Å²) in [6.07, 6.45) is 3.98. The number of thioether (sulfide) groups is 1. The first-order valence-corrected chi connectivity index (χ1v) is 10.4. The second-order valence-electron chi connectivity index (χ2n) is 6.07. The summed E-state index contributed by atoms with van der Waals surface area (Å²) in [5.74, 6) is 0. The van der Waals surface area contributed by atoms with Crippen molar-refractivity contribution in [1.82, 2.24) is 4.98 Å². The van der Waals surface area contributed by atoms with E-state index < -0.39 is 0 Å². The highest BCUT2D eigenvalue weighted by molar-refractivity contribution is 7.98. The van der Waals surface area contributed by atoms with Crippen LogP contribution in [0.4, 0.5) is 5.69 Å². The van der Waals surface area contributed by atoms with E-state index in [0.29, 0.717) is 0 Å². The Balaban J connectivity index is 1.54. The van der Waals surface area contributed by atoms with Gasteiger partial charge in [0.05, 0.1) is 15.9 Å². The van der Waals surface area contributed by atoms with Gasteiger partial charge in [-0.1, -0.05) is 18.2 Å². The molecule has 1 heterocycles. The van der Waals surface area contributed by atoms with Gasteiger partial charge < -0.3 is 0 Å². The van der Waals surface area contributed by atoms with Gasteiger partial charge in [-0.05, 0) is 72.8 Å². The predicted molar refractivity (Wildman–Crippen MR) is 115 cm³/mol. The van der Waals surface area contributed by atoms with Crippen LogP contribution < -0.4 is 0 Å². The van der Waals surface area contributed by atoms with E-state index >= 15 is 0 Å². The number of thiazole rings is 1. The molecule has 4 rings (SSSR count). The SMILES string of the molecule is CSc1ccc(/C=N/c2ccc(-c3nc4ccc(C)cc4s3)cc2)cc1. The van der Waals surface area contributed by atoms with Gasteiger partial charge in [0.2, 0.25) is 0 Å². The second kappa shape index (κ2) is 7.44. The molecule has 26 heavy (non-hydrogen) atoms. The van der Waals surface area contributed by atoms with E-state index in [-0.39, 0.29) is 0 Å². The molecule has 128 valence electrons. The Morgan fingerprint density at radius 1 is 0.962 bits per heavy atom. The van der Waals surface area contributed by atoms with Crippen molar-refractivity contribution in [2.24, 2.45) is 4.99 Å². The molecule has 0 bridgehead atoms. The van der Waals surface area contributed by atoms with Crippen LogP contribution in [0, 0.1) is 6.92 Å². The minimum absolute atomic E-state index is 0.944. The van der Waals surface area contributed by atoms with Gasteiger partial charge in [-0.2, -0.15) is 0 Å². The molecule has 0 aliphatic rings. The number of aromatic nitrogens is 1. The number of fused-ring (bicyclic) bond motifs is 1. The number of aliphatic imine (C=N–C) groups is 1. The van der Waals surface area contributed by atoms with E-state index in [4.69, 9.17) is 4.98 Å². The van der Waals surface area contributed by atoms with Crippen LogP contribution in [0.15, 0.2) is 76.6 Å². The Morgan fingerprint density at radius 2 is 1.73 bits per heavy atom. The molecule has 0 atom stereocenters. The van der Waals surface area contributed by atoms with Crippen LogP contribution in [0.1, 0.15) is 11.1 Å². The summed E-state index contributed by atoms with van der Waals surface area (Å²) in [6, 6.07) is 23.1. The molecule has 0 spiro atoms. The highest BCUT2D eigenvalue weighted by Gasteiger charge is 2.06. The maximum atomic E-state index is 4.74. The number of rotatable bonds is 4. The summed E-state index contributed by atoms with van der Waals surface area (Å²) in [7, 11) is 0. The van der Waals surface area contributed by atoms with E-state index in [1.165, 1.54) is 15.2 Å². The van der Waals surface area contributed by atoms with Crippen molar-refractivity contribution in [1.29, 1.82) is 0 Å². The van der Waals surface area contributed by atoms with E-state index in [1.54, 1.807) is 23.1 Å². The summed E-state index contributed by atoms with van der Waals surface area (Å²) in [5, 5.41) is 1.05. The first-order valence-electron chi connectivity index (χ1n) is 8.37. The van der Waals surface area contributed by atoms with E-state index in [9.17, 15) is 0 Å². The van der Waals surface area contributed by atoms with Crippen LogP contribution in [0.2, 0.25) is 0 Å². The van der Waals surface area contributed by atoms with Crippen molar-refractivity contribution in [2.45, 2.75) is 11.8 Å². The van der Waals surface area contributed by atoms with Crippen LogP contribution in [0.25, 0.3) is 20.8 Å². The summed E-state index contributed by atoms with van der Waals surface area (Å²) < 4.78 is 1.23. The van der Waals surface area contributed by atoms with Gasteiger partial charge in [-0.3, -0.25) is 4.99 Å². The van der Waals surface area contributed by atoms with Crippen LogP contribution >= 0.6 is 23.1 Å². The average molecular weight is 375 g/mol. The minimum atomic E-state index is 0.944. The molecule has 0 unspecified atom stereocenters. The first-order chi connectivity index (χ1) is 12.7. The highest BCUT2D eigenvalue weighted by atomic mass is 32.2. The van der Waals surface area contributed by atoms with Crippen molar-refractivity contribution in [3.8, 4) is 10.6 Å². The molecule has 0 fully saturated rings. The van der Waals surface area contributed by atoms with Gasteiger partial charge in [-0.25, -0.2) is 4.98 Å². The van der Waals surface area contributed by atoms with Gasteiger partial charge in [0.1, 0.15) is 5.01 Å². The van der Waals surface area contributed by atoms with Gasteiger partial charge in [0.25, 0.3) is 0 Å². The van der Waals surface area contributed by atoms with Crippen LogP contribution in [-0.4, -0.2) is 17.5 Å². The topological polar surface area (TPSA) is 25.2 Å². The fourth-order valence-electron chi connectivity index (χ4n) is 2.68. The molecule has 0 saturated carbocycles. The second-order valence-corrected chi connectivity index (χ2v) is 7.98. The number of benzene rings is 3. The van der Waals surface area contributed by atoms with Crippen molar-refractivity contribution < 1.29 is 0 Å². The quantitative estimate of drug-likeness (QED) is 0.292. The Labute approximate surface area is 161 Å². The Kier molecular flexibility index (Phi) is 4.87. The maximum Gasteiger partial charge on any atom is 0.124 e. The van der Waals surface area contributed by atoms with Gasteiger partial charge in [0, 0.05) is 16.7 Å². The summed E-state index contributed by atoms with van der Waals surface area (Å²) in [6.45, 7) is 2.11. The third kappa shape index (κ3) is 3.71. The van der Waals surface area contributed by atoms with Crippen molar-refractivity contribution in [2.75, 3.05) is 6.26 Å². The molecular formula is C22H18N2S2. The van der Waals surface area contributed by atoms with Gasteiger partial charge in [-0.15, -0.1) is 23.1 Å². The molecule has 0 N–H and O–H groups in total. The van der Waals surface area contributed by atoms with Gasteiger partial charge >= 0.3 is 0 Å². The zero-order chi connectivity index (χ0) is 17.9. The fourth-order valence-corrected chi connectivity index (χ4v) is 4.16. The third-order valence-electron chi connectivity index (χ3n) is 4.14. The molecule has 3 aromatic carbocycles. The fraction of sp³-hybridized carbons (Fsp3) is 0.0909. The molecule has 0 aliphatic heterocycles. The number of nitrogens with zero attached hydrogens (tertiary/aromatic N) is 2. The van der Waals surface area contributed by atoms with Crippen LogP contribution in [0.5, 0.6) is 0 Å². The zero-order valence-corrected chi connectivity index (χ0v) is 16.3. The van der Waals surface area contributed by atoms with Crippen molar-refractivity contribution in [3.05, 3.63) is 77.9 Å². The van der Waals surface area contributed by atoms with E-state index in [0.717, 1.165) is 27.3 Å². The Morgan fingerprint density at radius 3 is 2.46 bits per heavy atom. The smallest absolute Gasteiger partial charge is 0.124 e. The molecular weight excluding hydrogens is 356 g/mol. The first kappa shape index (κ1) is 17.0. The monoisotopic (exact) mass is 374 g/mol. The number of aryl methyl sites for hydroxylation is 1. The highest BCUT2D eigenvalue weighted by Crippen LogP contribution is 2.31. The molecule has 0 saturated heterocycles. The minimum Gasteiger partial charge on any atom is -0.256 e. The molecule has 4 aromatic rings. The lowest BCUT2D eigenvalue weighted by atomic mass is 10.2. The van der Waals surface area contributed by atoms with Crippen LogP contribution in [0.3, 0.4) is 0 Å². The predicted octanol–water partition coefficient (Wildman–Crippen LogP) is 6.74. The summed E-state index contributed by atoms with van der Waals surface area (Å²) in [4.78, 5) is 10.6. The lowest BCUT2D eigenvalue weighted by Crippen LogP contribution is -1.80. The molecule has 0 radical (unpaired) electrons. The number of hydrogen-bond donors (Lipinski definition) is 0. The van der Waals surface area contributed by atoms with Crippen molar-refractivity contribution in [3.63, 3.8) is 0 Å². The van der Waals surface area contributed by atoms with Crippen molar-refractivity contribution >= 4 is 45.2 Å². The van der Waals surface area contributed by atoms with Crippen LogP contribution in [-0.2, 0) is 0 Å². The normalized spacial score (nSPS) is 11.5. The number of hydrogen-bond acceptors (Lipinski definition) is 4. The standard InChI is InChI=1S/C22H18N2S2/c1-15-3-12-20-21(13-15)26-22(24-20)17-6-8-18(9-7-17)23-14-16-4-10-19(25-2)11-5-16/h3-14H,1-2H3/b23-14+. The molecule has 0 aliphatic carbocycles. The zero-order valence-electron chi connectivity index (χ0n) is 14.6. The molecule has 4 heteroatoms. The summed E-state index contributed by atoms with van der Waals surface area (Å²) >= 11 is 3.48. The lowest BCUT2D eigenvalue weighted by molar-refractivity contribution is 1.44. The Hall–Kier alpha value is -2.43. The van der Waals surface area contributed by atoms with E-state index in [1.807, 2.05) is 18.3 Å². The average Bonchev–Trinajstić information content (AvgIpc) is 3.10. The molecule has 1 aromatic heterocycles. The largest absolute Gasteiger partial charge is 0.256 e. The summed E-state index contributed by atoms with van der Waals surface area (Å²) in [5.41, 5.74) is 5.51. The van der Waals surface area contributed by atoms with Gasteiger partial charge in [0.15, 0.2) is 0 Å². The molecule has 2 nitrogen and oxygen atoms in total. The lowest BCUT2D eigenvalue weighted by Gasteiger charge is -1.99.